The summed E-state index contributed by atoms with van der Waals surface area (Å²) in [7, 11) is 0. The Labute approximate surface area is 88.6 Å². The van der Waals surface area contributed by atoms with Crippen LogP contribution in [0.15, 0.2) is 5.51 Å². The van der Waals surface area contributed by atoms with E-state index in [0.29, 0.717) is 0 Å². The Bertz CT molecular complexity index is 206. The first-order valence-electron chi connectivity index (χ1n) is 3.59. The average molecular weight is 227 g/mol. The highest BCUT2D eigenvalue weighted by atomic mass is 35.5. The largest absolute Gasteiger partial charge is 0.316 e. The zero-order valence-corrected chi connectivity index (χ0v) is 9.03. The molecule has 0 aliphatic carbocycles. The Morgan fingerprint density at radius 3 is 2.83 bits per heavy atom. The van der Waals surface area contributed by atoms with Gasteiger partial charge >= 0.3 is 0 Å². The van der Waals surface area contributed by atoms with Gasteiger partial charge in [-0.3, -0.25) is 0 Å². The van der Waals surface area contributed by atoms with E-state index >= 15 is 0 Å². The second kappa shape index (κ2) is 5.75. The van der Waals surface area contributed by atoms with E-state index in [0.717, 1.165) is 19.5 Å². The van der Waals surface area contributed by atoms with Crippen LogP contribution >= 0.6 is 36.2 Å². The number of hydrogen-bond donors (Lipinski definition) is 1. The van der Waals surface area contributed by atoms with Gasteiger partial charge in [-0.15, -0.1) is 36.2 Å². The molecule has 0 saturated carbocycles. The van der Waals surface area contributed by atoms with Crippen LogP contribution in [0.3, 0.4) is 0 Å². The number of nitrogens with one attached hydrogen (secondary N) is 1. The van der Waals surface area contributed by atoms with Crippen LogP contribution in [-0.4, -0.2) is 18.1 Å². The fraction of sp³-hybridized carbons (Fsp3) is 0.571. The van der Waals surface area contributed by atoms with Crippen molar-refractivity contribution in [1.82, 2.24) is 10.3 Å². The smallest absolute Gasteiger partial charge is 0.0797 e. The number of fused-ring (bicyclic) bond motifs is 1. The molecule has 0 amide bonds. The third-order valence-electron chi connectivity index (χ3n) is 1.79. The molecule has 70 valence electrons. The summed E-state index contributed by atoms with van der Waals surface area (Å²) >= 11 is 1.79. The van der Waals surface area contributed by atoms with Crippen LogP contribution in [0, 0.1) is 0 Å². The molecular formula is C7H12Cl2N2S. The van der Waals surface area contributed by atoms with Crippen molar-refractivity contribution in [2.45, 2.75) is 12.8 Å². The van der Waals surface area contributed by atoms with Crippen LogP contribution in [0.4, 0.5) is 0 Å². The summed E-state index contributed by atoms with van der Waals surface area (Å²) in [6, 6.07) is 0. The van der Waals surface area contributed by atoms with E-state index in [9.17, 15) is 0 Å². The Hall–Kier alpha value is 0.170. The molecule has 5 heteroatoms. The van der Waals surface area contributed by atoms with Gasteiger partial charge in [0, 0.05) is 24.4 Å². The van der Waals surface area contributed by atoms with Gasteiger partial charge in [0.15, 0.2) is 0 Å². The predicted molar refractivity (Wildman–Crippen MR) is 56.9 cm³/mol. The first-order valence-corrected chi connectivity index (χ1v) is 4.47. The van der Waals surface area contributed by atoms with Crippen molar-refractivity contribution in [3.8, 4) is 0 Å². The number of halogens is 2. The summed E-state index contributed by atoms with van der Waals surface area (Å²) in [5.41, 5.74) is 3.27. The normalized spacial score (nSPS) is 15.0. The third kappa shape index (κ3) is 2.59. The second-order valence-corrected chi connectivity index (χ2v) is 3.41. The molecule has 12 heavy (non-hydrogen) atoms. The topological polar surface area (TPSA) is 24.9 Å². The van der Waals surface area contributed by atoms with E-state index in [4.69, 9.17) is 0 Å². The lowest BCUT2D eigenvalue weighted by Gasteiger charge is -1.92. The van der Waals surface area contributed by atoms with Gasteiger partial charge < -0.3 is 5.32 Å². The number of rotatable bonds is 0. The number of thiazole rings is 1. The molecule has 1 N–H and O–H groups in total. The summed E-state index contributed by atoms with van der Waals surface area (Å²) in [6.07, 6.45) is 2.28. The molecule has 0 fully saturated rings. The molecule has 2 heterocycles. The van der Waals surface area contributed by atoms with E-state index in [1.807, 2.05) is 5.51 Å². The van der Waals surface area contributed by atoms with Gasteiger partial charge in [0.05, 0.1) is 11.2 Å². The van der Waals surface area contributed by atoms with Crippen LogP contribution in [0.2, 0.25) is 0 Å². The lowest BCUT2D eigenvalue weighted by molar-refractivity contribution is 0.708. The quantitative estimate of drug-likeness (QED) is 0.729. The molecule has 1 aliphatic rings. The highest BCUT2D eigenvalue weighted by Crippen LogP contribution is 2.15. The Morgan fingerprint density at radius 1 is 1.25 bits per heavy atom. The van der Waals surface area contributed by atoms with Crippen molar-refractivity contribution in [3.05, 3.63) is 16.1 Å². The summed E-state index contributed by atoms with van der Waals surface area (Å²) in [6.45, 7) is 2.21. The SMILES string of the molecule is Cl.Cl.c1nc2c(s1)CCNCC2. The van der Waals surface area contributed by atoms with E-state index in [2.05, 4.69) is 10.3 Å². The number of aromatic nitrogens is 1. The fourth-order valence-electron chi connectivity index (χ4n) is 1.23. The second-order valence-electron chi connectivity index (χ2n) is 2.47. The monoisotopic (exact) mass is 226 g/mol. The maximum absolute atomic E-state index is 4.30. The minimum absolute atomic E-state index is 0. The molecule has 0 atom stereocenters. The molecule has 0 bridgehead atoms. The molecule has 0 unspecified atom stereocenters. The maximum Gasteiger partial charge on any atom is 0.0797 e. The lowest BCUT2D eigenvalue weighted by Crippen LogP contribution is -2.16. The van der Waals surface area contributed by atoms with Crippen molar-refractivity contribution in [2.75, 3.05) is 13.1 Å². The molecule has 1 aliphatic heterocycles. The highest BCUT2D eigenvalue weighted by molar-refractivity contribution is 7.09. The first-order chi connectivity index (χ1) is 4.97. The van der Waals surface area contributed by atoms with Gasteiger partial charge in [0.2, 0.25) is 0 Å². The minimum atomic E-state index is 0. The zero-order valence-electron chi connectivity index (χ0n) is 6.58. The van der Waals surface area contributed by atoms with Crippen LogP contribution in [0.25, 0.3) is 0 Å². The molecule has 1 aromatic heterocycles. The molecule has 2 rings (SSSR count). The standard InChI is InChI=1S/C7H10N2S.2ClH/c1-3-8-4-2-7-6(1)9-5-10-7;;/h5,8H,1-4H2;2*1H. The Morgan fingerprint density at radius 2 is 2.00 bits per heavy atom. The summed E-state index contributed by atoms with van der Waals surface area (Å²) in [5.74, 6) is 0. The van der Waals surface area contributed by atoms with Crippen LogP contribution in [0.1, 0.15) is 10.6 Å². The van der Waals surface area contributed by atoms with E-state index < -0.39 is 0 Å². The van der Waals surface area contributed by atoms with Gasteiger partial charge in [-0.2, -0.15) is 0 Å². The average Bonchev–Trinajstić information content (AvgIpc) is 2.28. The van der Waals surface area contributed by atoms with E-state index in [-0.39, 0.29) is 24.8 Å². The van der Waals surface area contributed by atoms with Crippen molar-refractivity contribution < 1.29 is 0 Å². The van der Waals surface area contributed by atoms with E-state index in [1.54, 1.807) is 11.3 Å². The first kappa shape index (κ1) is 12.2. The molecule has 0 radical (unpaired) electrons. The Kier molecular flexibility index (Phi) is 5.84. The predicted octanol–water partition coefficient (Wildman–Crippen LogP) is 1.67. The van der Waals surface area contributed by atoms with Crippen molar-refractivity contribution in [1.29, 1.82) is 0 Å². The fourth-order valence-corrected chi connectivity index (χ4v) is 2.05. The lowest BCUT2D eigenvalue weighted by atomic mass is 10.2. The third-order valence-corrected chi connectivity index (χ3v) is 2.73. The van der Waals surface area contributed by atoms with Gasteiger partial charge in [0.1, 0.15) is 0 Å². The molecule has 0 spiro atoms. The zero-order chi connectivity index (χ0) is 6.81. The van der Waals surface area contributed by atoms with Gasteiger partial charge in [0.25, 0.3) is 0 Å². The van der Waals surface area contributed by atoms with Crippen LogP contribution < -0.4 is 5.32 Å². The highest BCUT2D eigenvalue weighted by Gasteiger charge is 2.08. The van der Waals surface area contributed by atoms with Crippen molar-refractivity contribution in [3.63, 3.8) is 0 Å². The molecule has 1 aromatic rings. The Balaban J connectivity index is 0.000000605. The number of hydrogen-bond acceptors (Lipinski definition) is 3. The summed E-state index contributed by atoms with van der Waals surface area (Å²) < 4.78 is 0. The minimum Gasteiger partial charge on any atom is -0.316 e. The van der Waals surface area contributed by atoms with Crippen molar-refractivity contribution in [2.24, 2.45) is 0 Å². The molecule has 0 aromatic carbocycles. The van der Waals surface area contributed by atoms with Gasteiger partial charge in [-0.25, -0.2) is 4.98 Å². The maximum atomic E-state index is 4.30. The molecule has 2 nitrogen and oxygen atoms in total. The molecule has 0 saturated heterocycles. The van der Waals surface area contributed by atoms with Gasteiger partial charge in [-0.05, 0) is 6.42 Å². The summed E-state index contributed by atoms with van der Waals surface area (Å²) in [4.78, 5) is 5.77. The van der Waals surface area contributed by atoms with Gasteiger partial charge in [-0.1, -0.05) is 0 Å². The number of nitrogens with zero attached hydrogens (tertiary/aromatic N) is 1. The van der Waals surface area contributed by atoms with Crippen LogP contribution in [-0.2, 0) is 12.8 Å². The van der Waals surface area contributed by atoms with E-state index in [1.165, 1.54) is 17.0 Å². The van der Waals surface area contributed by atoms with Crippen LogP contribution in [0.5, 0.6) is 0 Å². The van der Waals surface area contributed by atoms with Crippen molar-refractivity contribution >= 4 is 36.2 Å². The summed E-state index contributed by atoms with van der Waals surface area (Å²) in [5, 5.41) is 3.35. The molecular weight excluding hydrogens is 215 g/mol.